The fourth-order valence-electron chi connectivity index (χ4n) is 3.97. The molecule has 0 fully saturated rings. The van der Waals surface area contributed by atoms with Gasteiger partial charge in [-0.2, -0.15) is 4.52 Å². The largest absolute Gasteiger partial charge is 0.492 e. The van der Waals surface area contributed by atoms with Crippen LogP contribution in [0.3, 0.4) is 0 Å². The highest BCUT2D eigenvalue weighted by Crippen LogP contribution is 2.43. The van der Waals surface area contributed by atoms with E-state index in [1.165, 1.54) is 33.5 Å². The zero-order chi connectivity index (χ0) is 19.3. The van der Waals surface area contributed by atoms with Gasteiger partial charge in [0.1, 0.15) is 11.6 Å². The summed E-state index contributed by atoms with van der Waals surface area (Å²) in [6.45, 7) is 2.66. The minimum absolute atomic E-state index is 0.0954. The van der Waals surface area contributed by atoms with Gasteiger partial charge in [-0.15, -0.1) is 5.10 Å². The van der Waals surface area contributed by atoms with Gasteiger partial charge in [-0.05, 0) is 49.1 Å². The predicted molar refractivity (Wildman–Crippen MR) is 108 cm³/mol. The Labute approximate surface area is 165 Å². The van der Waals surface area contributed by atoms with Gasteiger partial charge in [0, 0.05) is 12.2 Å². The minimum Gasteiger partial charge on any atom is -0.492 e. The average molecular weight is 394 g/mol. The number of anilines is 1. The zero-order valence-electron chi connectivity index (χ0n) is 15.3. The van der Waals surface area contributed by atoms with Gasteiger partial charge in [-0.1, -0.05) is 41.7 Å². The maximum Gasteiger partial charge on any atom is 0.230 e. The molecule has 3 heterocycles. The van der Waals surface area contributed by atoms with Gasteiger partial charge >= 0.3 is 0 Å². The molecule has 0 radical (unpaired) electrons. The summed E-state index contributed by atoms with van der Waals surface area (Å²) in [5.41, 5.74) is 3.36. The van der Waals surface area contributed by atoms with E-state index in [4.69, 9.17) is 0 Å². The van der Waals surface area contributed by atoms with Crippen LogP contribution in [0.5, 0.6) is 5.88 Å². The van der Waals surface area contributed by atoms with Crippen LogP contribution >= 0.6 is 11.3 Å². The van der Waals surface area contributed by atoms with Crippen molar-refractivity contribution in [2.45, 2.75) is 25.8 Å². The smallest absolute Gasteiger partial charge is 0.230 e. The van der Waals surface area contributed by atoms with E-state index in [-0.39, 0.29) is 17.7 Å². The lowest BCUT2D eigenvalue weighted by molar-refractivity contribution is 0.429. The first-order valence-electron chi connectivity index (χ1n) is 9.27. The Bertz CT molecular complexity index is 1150. The summed E-state index contributed by atoms with van der Waals surface area (Å²) < 4.78 is 15.1. The first-order valence-corrected chi connectivity index (χ1v) is 10.1. The fourth-order valence-corrected chi connectivity index (χ4v) is 5.12. The lowest BCUT2D eigenvalue weighted by atomic mass is 9.96. The molecule has 0 amide bonds. The summed E-state index contributed by atoms with van der Waals surface area (Å²) in [7, 11) is 0. The maximum absolute atomic E-state index is 13.6. The normalized spacial score (nSPS) is 15.0. The number of aromatic hydroxyl groups is 1. The van der Waals surface area contributed by atoms with E-state index in [1.807, 2.05) is 6.07 Å². The topological polar surface area (TPSA) is 53.7 Å². The van der Waals surface area contributed by atoms with Crippen molar-refractivity contribution in [3.63, 3.8) is 0 Å². The third-order valence-corrected chi connectivity index (χ3v) is 6.27. The summed E-state index contributed by atoms with van der Waals surface area (Å²) in [6, 6.07) is 14.6. The van der Waals surface area contributed by atoms with Crippen molar-refractivity contribution < 1.29 is 9.50 Å². The third-order valence-electron chi connectivity index (χ3n) is 5.20. The molecule has 1 unspecified atom stereocenters. The van der Waals surface area contributed by atoms with Crippen LogP contribution in [-0.4, -0.2) is 26.2 Å². The van der Waals surface area contributed by atoms with E-state index in [2.05, 4.69) is 33.2 Å². The second kappa shape index (κ2) is 6.60. The Kier molecular flexibility index (Phi) is 4.05. The number of thiazole rings is 1. The van der Waals surface area contributed by atoms with Crippen molar-refractivity contribution in [1.82, 2.24) is 14.6 Å². The first kappa shape index (κ1) is 17.2. The highest BCUT2D eigenvalue weighted by atomic mass is 32.1. The van der Waals surface area contributed by atoms with E-state index >= 15 is 0 Å². The molecular formula is C21H19FN4OS. The van der Waals surface area contributed by atoms with Gasteiger partial charge in [0.05, 0.1) is 10.9 Å². The van der Waals surface area contributed by atoms with Crippen LogP contribution in [0.25, 0.3) is 4.96 Å². The second-order valence-corrected chi connectivity index (χ2v) is 8.03. The number of para-hydroxylation sites is 1. The van der Waals surface area contributed by atoms with Crippen LogP contribution in [0.1, 0.15) is 34.3 Å². The average Bonchev–Trinajstić information content (AvgIpc) is 3.21. The van der Waals surface area contributed by atoms with E-state index in [0.717, 1.165) is 35.5 Å². The van der Waals surface area contributed by atoms with Crippen LogP contribution < -0.4 is 4.90 Å². The predicted octanol–water partition coefficient (Wildman–Crippen LogP) is 4.49. The van der Waals surface area contributed by atoms with E-state index < -0.39 is 0 Å². The molecule has 1 aliphatic heterocycles. The number of aryl methyl sites for hydroxylation is 2. The molecule has 0 spiro atoms. The van der Waals surface area contributed by atoms with E-state index in [9.17, 15) is 9.50 Å². The van der Waals surface area contributed by atoms with Gasteiger partial charge in [0.25, 0.3) is 0 Å². The molecule has 7 heteroatoms. The summed E-state index contributed by atoms with van der Waals surface area (Å²) in [6.07, 6.45) is 2.05. The van der Waals surface area contributed by atoms with Gasteiger partial charge in [-0.25, -0.2) is 9.37 Å². The zero-order valence-corrected chi connectivity index (χ0v) is 16.2. The van der Waals surface area contributed by atoms with Crippen LogP contribution in [0.2, 0.25) is 0 Å². The number of nitrogens with zero attached hydrogens (tertiary/aromatic N) is 4. The molecule has 142 valence electrons. The van der Waals surface area contributed by atoms with Crippen molar-refractivity contribution in [3.05, 3.63) is 76.2 Å². The highest BCUT2D eigenvalue weighted by Gasteiger charge is 2.32. The van der Waals surface area contributed by atoms with E-state index in [0.29, 0.717) is 10.8 Å². The molecule has 4 aromatic rings. The molecule has 1 aliphatic rings. The minimum atomic E-state index is -0.274. The molecule has 1 N–H and O–H groups in total. The Balaban J connectivity index is 1.71. The van der Waals surface area contributed by atoms with Gasteiger partial charge < -0.3 is 10.0 Å². The molecule has 0 saturated heterocycles. The molecule has 0 aliphatic carbocycles. The van der Waals surface area contributed by atoms with Crippen molar-refractivity contribution >= 4 is 22.0 Å². The molecule has 5 rings (SSSR count). The molecule has 28 heavy (non-hydrogen) atoms. The van der Waals surface area contributed by atoms with Crippen LogP contribution in [0, 0.1) is 12.7 Å². The summed E-state index contributed by atoms with van der Waals surface area (Å²) in [4.78, 5) is 8.12. The van der Waals surface area contributed by atoms with Crippen molar-refractivity contribution in [2.75, 3.05) is 11.4 Å². The summed E-state index contributed by atoms with van der Waals surface area (Å²) >= 11 is 1.42. The molecule has 2 aromatic heterocycles. The quantitative estimate of drug-likeness (QED) is 0.556. The maximum atomic E-state index is 13.6. The Morgan fingerprint density at radius 3 is 2.71 bits per heavy atom. The van der Waals surface area contributed by atoms with Crippen molar-refractivity contribution in [3.8, 4) is 5.88 Å². The van der Waals surface area contributed by atoms with Gasteiger partial charge in [0.2, 0.25) is 10.8 Å². The number of hydrogen-bond acceptors (Lipinski definition) is 5. The van der Waals surface area contributed by atoms with Crippen LogP contribution in [-0.2, 0) is 6.42 Å². The Hall–Kier alpha value is -2.93. The number of benzene rings is 2. The van der Waals surface area contributed by atoms with Gasteiger partial charge in [-0.3, -0.25) is 0 Å². The lowest BCUT2D eigenvalue weighted by Crippen LogP contribution is -2.33. The number of aromatic nitrogens is 3. The van der Waals surface area contributed by atoms with Crippen LogP contribution in [0.4, 0.5) is 10.1 Å². The monoisotopic (exact) mass is 394 g/mol. The summed E-state index contributed by atoms with van der Waals surface area (Å²) in [5, 5.41) is 15.2. The lowest BCUT2D eigenvalue weighted by Gasteiger charge is -2.37. The SMILES string of the molecule is Cc1nc2sc(C(c3ccc(F)cc3)N3CCCc4ccccc43)c(O)n2n1. The number of fused-ring (bicyclic) bond motifs is 2. The van der Waals surface area contributed by atoms with Crippen molar-refractivity contribution in [1.29, 1.82) is 0 Å². The molecule has 1 atom stereocenters. The Morgan fingerprint density at radius 1 is 1.14 bits per heavy atom. The second-order valence-electron chi connectivity index (χ2n) is 7.02. The van der Waals surface area contributed by atoms with Crippen LogP contribution in [0.15, 0.2) is 48.5 Å². The Morgan fingerprint density at radius 2 is 1.93 bits per heavy atom. The molecule has 2 aromatic carbocycles. The van der Waals surface area contributed by atoms with E-state index in [1.54, 1.807) is 19.1 Å². The first-order chi connectivity index (χ1) is 13.6. The fraction of sp³-hybridized carbons (Fsp3) is 0.238. The van der Waals surface area contributed by atoms with Crippen molar-refractivity contribution in [2.24, 2.45) is 0 Å². The number of hydrogen-bond donors (Lipinski definition) is 1. The molecule has 0 saturated carbocycles. The molecule has 0 bridgehead atoms. The standard InChI is InChI=1S/C21H19FN4OS/c1-13-23-21-26(24-13)20(27)19(28-21)18(15-8-10-16(22)11-9-15)25-12-4-6-14-5-2-3-7-17(14)25/h2-3,5,7-11,18,27H,4,6,12H2,1H3. The summed E-state index contributed by atoms with van der Waals surface area (Å²) in [5.74, 6) is 0.441. The number of halogens is 1. The molecule has 5 nitrogen and oxygen atoms in total. The third kappa shape index (κ3) is 2.74. The number of rotatable bonds is 3. The van der Waals surface area contributed by atoms with Gasteiger partial charge in [0.15, 0.2) is 0 Å². The highest BCUT2D eigenvalue weighted by molar-refractivity contribution is 7.17. The molecular weight excluding hydrogens is 375 g/mol.